The van der Waals surface area contributed by atoms with Gasteiger partial charge in [0.25, 0.3) is 0 Å². The van der Waals surface area contributed by atoms with Crippen LogP contribution < -0.4 is 0 Å². The van der Waals surface area contributed by atoms with E-state index in [1.807, 2.05) is 11.5 Å². The van der Waals surface area contributed by atoms with E-state index in [1.54, 1.807) is 11.8 Å². The third-order valence-electron chi connectivity index (χ3n) is 2.04. The Labute approximate surface area is 81.9 Å². The van der Waals surface area contributed by atoms with Crippen molar-refractivity contribution < 1.29 is 0 Å². The van der Waals surface area contributed by atoms with Gasteiger partial charge in [-0.25, -0.2) is 0 Å². The van der Waals surface area contributed by atoms with Crippen molar-refractivity contribution in [1.82, 2.24) is 4.98 Å². The van der Waals surface area contributed by atoms with Gasteiger partial charge in [0, 0.05) is 21.5 Å². The van der Waals surface area contributed by atoms with Crippen LogP contribution >= 0.6 is 11.8 Å². The zero-order valence-electron chi connectivity index (χ0n) is 7.50. The molecule has 0 saturated heterocycles. The Kier molecular flexibility index (Phi) is 2.15. The van der Waals surface area contributed by atoms with Gasteiger partial charge in [0.2, 0.25) is 0 Å². The Balaban J connectivity index is 2.70. The highest BCUT2D eigenvalue weighted by molar-refractivity contribution is 8.02. The molecule has 1 nitrogen and oxygen atoms in total. The number of nitrogens with one attached hydrogen (secondary N) is 1. The van der Waals surface area contributed by atoms with E-state index in [0.29, 0.717) is 0 Å². The van der Waals surface area contributed by atoms with Crippen LogP contribution in [0.2, 0.25) is 0 Å². The average molecular weight is 189 g/mol. The van der Waals surface area contributed by atoms with Crippen molar-refractivity contribution in [2.75, 3.05) is 0 Å². The Hall–Kier alpha value is -1.15. The van der Waals surface area contributed by atoms with Gasteiger partial charge < -0.3 is 4.98 Å². The molecule has 0 fully saturated rings. The number of aromatic nitrogens is 1. The molecule has 2 heteroatoms. The van der Waals surface area contributed by atoms with Crippen LogP contribution in [0.25, 0.3) is 10.9 Å². The SMILES string of the molecule is C=CSc1c(C)[nH]c2ccccc12. The van der Waals surface area contributed by atoms with E-state index in [0.717, 1.165) is 0 Å². The lowest BCUT2D eigenvalue weighted by molar-refractivity contribution is 1.23. The van der Waals surface area contributed by atoms with Crippen LogP contribution in [0.4, 0.5) is 0 Å². The molecular formula is C11H11NS. The van der Waals surface area contributed by atoms with Crippen LogP contribution in [0, 0.1) is 6.92 Å². The molecule has 0 atom stereocenters. The van der Waals surface area contributed by atoms with Gasteiger partial charge in [0.15, 0.2) is 0 Å². The number of para-hydroxylation sites is 1. The van der Waals surface area contributed by atoms with Crippen LogP contribution in [0.3, 0.4) is 0 Å². The molecule has 0 aliphatic carbocycles. The minimum atomic E-state index is 1.20. The summed E-state index contributed by atoms with van der Waals surface area (Å²) >= 11 is 1.67. The molecule has 0 aliphatic heterocycles. The maximum atomic E-state index is 3.73. The van der Waals surface area contributed by atoms with E-state index < -0.39 is 0 Å². The van der Waals surface area contributed by atoms with Crippen LogP contribution in [-0.4, -0.2) is 4.98 Å². The van der Waals surface area contributed by atoms with Gasteiger partial charge in [-0.3, -0.25) is 0 Å². The summed E-state index contributed by atoms with van der Waals surface area (Å²) in [6.45, 7) is 5.82. The summed E-state index contributed by atoms with van der Waals surface area (Å²) in [5.41, 5.74) is 2.41. The van der Waals surface area contributed by atoms with Crippen molar-refractivity contribution in [3.05, 3.63) is 41.9 Å². The normalized spacial score (nSPS) is 10.5. The molecule has 1 aromatic carbocycles. The zero-order valence-corrected chi connectivity index (χ0v) is 8.32. The van der Waals surface area contributed by atoms with Crippen molar-refractivity contribution in [2.24, 2.45) is 0 Å². The molecular weight excluding hydrogens is 178 g/mol. The van der Waals surface area contributed by atoms with E-state index >= 15 is 0 Å². The molecule has 0 amide bonds. The first-order valence-corrected chi connectivity index (χ1v) is 5.06. The average Bonchev–Trinajstić information content (AvgIpc) is 2.44. The Morgan fingerprint density at radius 3 is 2.92 bits per heavy atom. The summed E-state index contributed by atoms with van der Waals surface area (Å²) in [5, 5.41) is 3.15. The molecule has 0 saturated carbocycles. The second-order valence-electron chi connectivity index (χ2n) is 2.91. The van der Waals surface area contributed by atoms with Crippen LogP contribution in [0.5, 0.6) is 0 Å². The van der Waals surface area contributed by atoms with Crippen molar-refractivity contribution in [2.45, 2.75) is 11.8 Å². The second kappa shape index (κ2) is 3.30. The van der Waals surface area contributed by atoms with E-state index in [2.05, 4.69) is 36.7 Å². The first kappa shape index (κ1) is 8.45. The van der Waals surface area contributed by atoms with Gasteiger partial charge in [-0.2, -0.15) is 0 Å². The third-order valence-corrected chi connectivity index (χ3v) is 2.96. The van der Waals surface area contributed by atoms with Crippen molar-refractivity contribution in [3.63, 3.8) is 0 Å². The topological polar surface area (TPSA) is 15.8 Å². The number of thioether (sulfide) groups is 1. The molecule has 2 aromatic rings. The van der Waals surface area contributed by atoms with Gasteiger partial charge in [0.05, 0.1) is 0 Å². The number of hydrogen-bond donors (Lipinski definition) is 1. The minimum absolute atomic E-state index is 1.20. The summed E-state index contributed by atoms with van der Waals surface area (Å²) in [5.74, 6) is 0. The molecule has 0 radical (unpaired) electrons. The highest BCUT2D eigenvalue weighted by Crippen LogP contribution is 2.31. The van der Waals surface area contributed by atoms with E-state index in [1.165, 1.54) is 21.5 Å². The quantitative estimate of drug-likeness (QED) is 0.712. The van der Waals surface area contributed by atoms with Gasteiger partial charge in [-0.1, -0.05) is 36.5 Å². The highest BCUT2D eigenvalue weighted by atomic mass is 32.2. The maximum Gasteiger partial charge on any atom is 0.0467 e. The smallest absolute Gasteiger partial charge is 0.0467 e. The predicted molar refractivity (Wildman–Crippen MR) is 59.1 cm³/mol. The lowest BCUT2D eigenvalue weighted by atomic mass is 10.2. The first-order chi connectivity index (χ1) is 6.33. The Morgan fingerprint density at radius 2 is 2.15 bits per heavy atom. The lowest BCUT2D eigenvalue weighted by Gasteiger charge is -1.93. The van der Waals surface area contributed by atoms with Gasteiger partial charge in [-0.15, -0.1) is 0 Å². The molecule has 13 heavy (non-hydrogen) atoms. The van der Waals surface area contributed by atoms with Crippen LogP contribution in [0.1, 0.15) is 5.69 Å². The number of benzene rings is 1. The van der Waals surface area contributed by atoms with Crippen molar-refractivity contribution in [3.8, 4) is 0 Å². The summed E-state index contributed by atoms with van der Waals surface area (Å²) < 4.78 is 0. The molecule has 66 valence electrons. The Bertz CT molecular complexity index is 442. The minimum Gasteiger partial charge on any atom is -0.358 e. The number of hydrogen-bond acceptors (Lipinski definition) is 1. The Morgan fingerprint density at radius 1 is 1.38 bits per heavy atom. The van der Waals surface area contributed by atoms with E-state index in [9.17, 15) is 0 Å². The van der Waals surface area contributed by atoms with Gasteiger partial charge in [0.1, 0.15) is 0 Å². The standard InChI is InChI=1S/C11H11NS/c1-3-13-11-8(2)12-10-7-5-4-6-9(10)11/h3-7,12H,1H2,2H3. The first-order valence-electron chi connectivity index (χ1n) is 4.18. The molecule has 0 unspecified atom stereocenters. The number of H-pyrrole nitrogens is 1. The summed E-state index contributed by atoms with van der Waals surface area (Å²) in [7, 11) is 0. The number of fused-ring (bicyclic) bond motifs is 1. The monoisotopic (exact) mass is 189 g/mol. The summed E-state index contributed by atoms with van der Waals surface area (Å²) in [6.07, 6.45) is 0. The van der Waals surface area contributed by atoms with Crippen molar-refractivity contribution >= 4 is 22.7 Å². The zero-order chi connectivity index (χ0) is 9.26. The van der Waals surface area contributed by atoms with Gasteiger partial charge in [-0.05, 0) is 18.4 Å². The third kappa shape index (κ3) is 1.38. The fraction of sp³-hybridized carbons (Fsp3) is 0.0909. The molecule has 2 rings (SSSR count). The summed E-state index contributed by atoms with van der Waals surface area (Å²) in [6, 6.07) is 8.32. The fourth-order valence-electron chi connectivity index (χ4n) is 1.49. The van der Waals surface area contributed by atoms with Crippen LogP contribution in [-0.2, 0) is 0 Å². The molecule has 1 N–H and O–H groups in total. The largest absolute Gasteiger partial charge is 0.358 e. The molecule has 0 aliphatic rings. The van der Waals surface area contributed by atoms with Crippen molar-refractivity contribution in [1.29, 1.82) is 0 Å². The predicted octanol–water partition coefficient (Wildman–Crippen LogP) is 3.71. The van der Waals surface area contributed by atoms with E-state index in [-0.39, 0.29) is 0 Å². The molecule has 0 spiro atoms. The molecule has 1 heterocycles. The summed E-state index contributed by atoms with van der Waals surface area (Å²) in [4.78, 5) is 4.63. The number of aromatic amines is 1. The molecule has 0 bridgehead atoms. The fourth-order valence-corrected chi connectivity index (χ4v) is 2.19. The number of aryl methyl sites for hydroxylation is 1. The van der Waals surface area contributed by atoms with E-state index in [4.69, 9.17) is 0 Å². The second-order valence-corrected chi connectivity index (χ2v) is 3.89. The molecule has 1 aromatic heterocycles. The number of rotatable bonds is 2. The lowest BCUT2D eigenvalue weighted by Crippen LogP contribution is -1.69. The maximum absolute atomic E-state index is 3.73. The highest BCUT2D eigenvalue weighted by Gasteiger charge is 2.05. The van der Waals surface area contributed by atoms with Gasteiger partial charge >= 0.3 is 0 Å². The van der Waals surface area contributed by atoms with Crippen LogP contribution in [0.15, 0.2) is 41.1 Å².